The molecule has 1 aliphatic heterocycles. The van der Waals surface area contributed by atoms with E-state index in [9.17, 15) is 0 Å². The van der Waals surface area contributed by atoms with Gasteiger partial charge in [-0.1, -0.05) is 38.3 Å². The van der Waals surface area contributed by atoms with Gasteiger partial charge in [-0.15, -0.1) is 0 Å². The molecule has 1 fully saturated rings. The largest absolute Gasteiger partial charge is 0.369 e. The summed E-state index contributed by atoms with van der Waals surface area (Å²) in [5, 5.41) is 0. The molecule has 0 unspecified atom stereocenters. The maximum absolute atomic E-state index is 5.30. The molecular weight excluding hydrogens is 182 g/mol. The van der Waals surface area contributed by atoms with E-state index in [4.69, 9.17) is 12.2 Å². The van der Waals surface area contributed by atoms with Crippen molar-refractivity contribution >= 4 is 25.3 Å². The number of likely N-dealkylation sites (tertiary alicyclic amines) is 1. The molecule has 1 nitrogen and oxygen atoms in total. The Bertz CT molecular complexity index is 179. The van der Waals surface area contributed by atoms with Crippen LogP contribution in [-0.4, -0.2) is 30.7 Å². The highest BCUT2D eigenvalue weighted by molar-refractivity contribution is 7.80. The van der Waals surface area contributed by atoms with Gasteiger partial charge in [0, 0.05) is 12.7 Å². The number of hydrogen-bond donors (Lipinski definition) is 0. The summed E-state index contributed by atoms with van der Waals surface area (Å²) >= 11 is 5.30. The quantitative estimate of drug-likeness (QED) is 0.510. The summed E-state index contributed by atoms with van der Waals surface area (Å²) in [5.74, 6) is 0. The molecule has 0 amide bonds. The first kappa shape index (κ1) is 10.2. The highest BCUT2D eigenvalue weighted by Crippen LogP contribution is 2.17. The van der Waals surface area contributed by atoms with Crippen LogP contribution in [-0.2, 0) is 0 Å². The van der Waals surface area contributed by atoms with Crippen molar-refractivity contribution in [3.05, 3.63) is 0 Å². The predicted molar refractivity (Wildman–Crippen MR) is 61.4 cm³/mol. The molecule has 1 rings (SSSR count). The van der Waals surface area contributed by atoms with Gasteiger partial charge in [0.25, 0.3) is 0 Å². The number of nitrogens with zero attached hydrogens (tertiary/aromatic N) is 1. The van der Waals surface area contributed by atoms with Gasteiger partial charge in [0.2, 0.25) is 0 Å². The minimum atomic E-state index is -0.946. The van der Waals surface area contributed by atoms with Crippen LogP contribution < -0.4 is 0 Å². The van der Waals surface area contributed by atoms with Crippen LogP contribution in [0.3, 0.4) is 0 Å². The van der Waals surface area contributed by atoms with Crippen LogP contribution in [0.25, 0.3) is 0 Å². The van der Waals surface area contributed by atoms with Gasteiger partial charge < -0.3 is 4.90 Å². The van der Waals surface area contributed by atoms with Crippen LogP contribution in [0.5, 0.6) is 0 Å². The minimum Gasteiger partial charge on any atom is -0.369 e. The zero-order valence-electron chi connectivity index (χ0n) is 8.39. The summed E-state index contributed by atoms with van der Waals surface area (Å²) in [7, 11) is -0.946. The lowest BCUT2D eigenvalue weighted by molar-refractivity contribution is 0.521. The van der Waals surface area contributed by atoms with Crippen LogP contribution in [0, 0.1) is 0 Å². The van der Waals surface area contributed by atoms with Crippen LogP contribution in [0.1, 0.15) is 19.8 Å². The molecule has 0 aromatic heterocycles. The number of rotatable bonds is 3. The molecule has 0 N–H and O–H groups in total. The predicted octanol–water partition coefficient (Wildman–Crippen LogP) is 2.68. The van der Waals surface area contributed by atoms with Crippen molar-refractivity contribution in [3.8, 4) is 0 Å². The fourth-order valence-corrected chi connectivity index (χ4v) is 3.52. The second-order valence-corrected chi connectivity index (χ2v) is 10.3. The summed E-state index contributed by atoms with van der Waals surface area (Å²) in [5.41, 5.74) is 0. The molecule has 0 radical (unpaired) electrons. The molecule has 12 heavy (non-hydrogen) atoms. The molecule has 70 valence electrons. The van der Waals surface area contributed by atoms with Crippen molar-refractivity contribution < 1.29 is 0 Å². The molecule has 3 heteroatoms. The Kier molecular flexibility index (Phi) is 3.29. The molecule has 1 aliphatic rings. The third kappa shape index (κ3) is 2.56. The number of hydrogen-bond acceptors (Lipinski definition) is 1. The molecule has 0 saturated carbocycles. The van der Waals surface area contributed by atoms with Gasteiger partial charge in [0.15, 0.2) is 0 Å². The van der Waals surface area contributed by atoms with E-state index in [1.807, 2.05) is 0 Å². The molecule has 1 saturated heterocycles. The molecule has 0 spiro atoms. The molecular formula is C9H19NSSi. The highest BCUT2D eigenvalue weighted by Gasteiger charge is 2.25. The Morgan fingerprint density at radius 2 is 2.17 bits per heavy atom. The second kappa shape index (κ2) is 3.88. The van der Waals surface area contributed by atoms with Crippen molar-refractivity contribution in [2.45, 2.75) is 38.9 Å². The first-order valence-electron chi connectivity index (χ1n) is 4.83. The topological polar surface area (TPSA) is 3.24 Å². The molecule has 0 aliphatic carbocycles. The minimum absolute atomic E-state index is 0.946. The van der Waals surface area contributed by atoms with Crippen LogP contribution in [0.15, 0.2) is 0 Å². The van der Waals surface area contributed by atoms with E-state index in [1.54, 1.807) is 0 Å². The van der Waals surface area contributed by atoms with Crippen molar-refractivity contribution in [1.29, 1.82) is 0 Å². The SMILES string of the molecule is CC[Si](C)(C)CN1CCCC1=S. The molecule has 1 heterocycles. The van der Waals surface area contributed by atoms with Crippen LogP contribution in [0.2, 0.25) is 19.1 Å². The van der Waals surface area contributed by atoms with E-state index in [0.717, 1.165) is 6.42 Å². The van der Waals surface area contributed by atoms with E-state index < -0.39 is 8.07 Å². The summed E-state index contributed by atoms with van der Waals surface area (Å²) < 4.78 is 0. The second-order valence-electron chi connectivity index (χ2n) is 4.44. The Labute approximate surface area is 82.2 Å². The Morgan fingerprint density at radius 1 is 1.50 bits per heavy atom. The molecule has 0 aromatic carbocycles. The van der Waals surface area contributed by atoms with E-state index in [0.29, 0.717) is 0 Å². The maximum Gasteiger partial charge on any atom is 0.0777 e. The first-order valence-corrected chi connectivity index (χ1v) is 8.65. The smallest absolute Gasteiger partial charge is 0.0777 e. The summed E-state index contributed by atoms with van der Waals surface area (Å²) in [6.45, 7) is 8.43. The van der Waals surface area contributed by atoms with Crippen LogP contribution in [0.4, 0.5) is 0 Å². The monoisotopic (exact) mass is 201 g/mol. The van der Waals surface area contributed by atoms with Gasteiger partial charge in [-0.2, -0.15) is 0 Å². The van der Waals surface area contributed by atoms with Crippen molar-refractivity contribution in [2.24, 2.45) is 0 Å². The summed E-state index contributed by atoms with van der Waals surface area (Å²) in [6, 6.07) is 1.37. The van der Waals surface area contributed by atoms with Crippen molar-refractivity contribution in [1.82, 2.24) is 4.90 Å². The van der Waals surface area contributed by atoms with E-state index in [2.05, 4.69) is 24.9 Å². The fourth-order valence-electron chi connectivity index (χ4n) is 1.50. The average molecular weight is 201 g/mol. The Morgan fingerprint density at radius 3 is 2.58 bits per heavy atom. The van der Waals surface area contributed by atoms with Gasteiger partial charge in [0.1, 0.15) is 0 Å². The third-order valence-corrected chi connectivity index (χ3v) is 6.36. The Balaban J connectivity index is 2.45. The highest BCUT2D eigenvalue weighted by atomic mass is 32.1. The van der Waals surface area contributed by atoms with Gasteiger partial charge in [-0.05, 0) is 12.8 Å². The van der Waals surface area contributed by atoms with E-state index in [1.165, 1.54) is 30.2 Å². The first-order chi connectivity index (χ1) is 5.55. The lowest BCUT2D eigenvalue weighted by atomic mass is 10.4. The normalized spacial score (nSPS) is 18.9. The zero-order chi connectivity index (χ0) is 9.19. The molecule has 0 atom stereocenters. The van der Waals surface area contributed by atoms with Crippen LogP contribution >= 0.6 is 12.2 Å². The third-order valence-electron chi connectivity index (χ3n) is 2.75. The van der Waals surface area contributed by atoms with Gasteiger partial charge in [0.05, 0.1) is 13.1 Å². The average Bonchev–Trinajstić information content (AvgIpc) is 2.36. The molecule has 0 aromatic rings. The van der Waals surface area contributed by atoms with Gasteiger partial charge in [-0.3, -0.25) is 0 Å². The van der Waals surface area contributed by atoms with Crippen molar-refractivity contribution in [3.63, 3.8) is 0 Å². The standard InChI is InChI=1S/C9H19NSSi/c1-4-12(2,3)8-10-7-5-6-9(10)11/h4-8H2,1-3H3. The number of thiocarbonyl (C=S) groups is 1. The zero-order valence-corrected chi connectivity index (χ0v) is 10.2. The Hall–Kier alpha value is 0.107. The van der Waals surface area contributed by atoms with Gasteiger partial charge in [-0.25, -0.2) is 0 Å². The maximum atomic E-state index is 5.30. The lowest BCUT2D eigenvalue weighted by Crippen LogP contribution is -2.42. The van der Waals surface area contributed by atoms with Crippen molar-refractivity contribution in [2.75, 3.05) is 12.7 Å². The fraction of sp³-hybridized carbons (Fsp3) is 0.889. The van der Waals surface area contributed by atoms with E-state index in [-0.39, 0.29) is 0 Å². The van der Waals surface area contributed by atoms with Gasteiger partial charge >= 0.3 is 0 Å². The summed E-state index contributed by atoms with van der Waals surface area (Å²) in [6.07, 6.45) is 3.72. The van der Waals surface area contributed by atoms with E-state index >= 15 is 0 Å². The summed E-state index contributed by atoms with van der Waals surface area (Å²) in [4.78, 5) is 3.65. The lowest BCUT2D eigenvalue weighted by Gasteiger charge is -2.28. The molecule has 0 bridgehead atoms.